The molecule has 1 aliphatic carbocycles. The van der Waals surface area contributed by atoms with Crippen molar-refractivity contribution in [2.24, 2.45) is 11.7 Å². The highest BCUT2D eigenvalue weighted by molar-refractivity contribution is 6.25. The number of anilines is 2. The standard InChI is InChI=1S/C46H47N9O11/c1-46(2,3)66-45(62)54(25-28-11-12-28)36-24-29(15-16-49-36)42-50-33(27-65-42)35(56)23-30-26-53(52-39(30)40(47)58)18-6-4-5-7-19-63-21-22-64-20-17-48-32-10-8-9-31-38(32)44(61)55(43(31)60)34-13-14-37(57)51-41(34)59/h8-10,15-16,24,26-28,34,48H,11-14,17-23,25H2,1-3H3,(H2,47,58)(H,51,57,59). The van der Waals surface area contributed by atoms with E-state index in [9.17, 15) is 33.6 Å². The molecule has 4 N–H and O–H groups in total. The van der Waals surface area contributed by atoms with E-state index in [1.165, 1.54) is 34.3 Å². The molecular formula is C46H47N9O11. The number of hydrogen-bond donors (Lipinski definition) is 3. The zero-order valence-electron chi connectivity index (χ0n) is 36.5. The van der Waals surface area contributed by atoms with Gasteiger partial charge in [-0.2, -0.15) is 5.10 Å². The Hall–Kier alpha value is -7.68. The molecule has 1 saturated heterocycles. The molecule has 7 rings (SSSR count). The second-order valence-electron chi connectivity index (χ2n) is 16.5. The number of oxazole rings is 1. The average Bonchev–Trinajstić information content (AvgIpc) is 3.67. The second kappa shape index (κ2) is 20.4. The molecule has 3 aromatic heterocycles. The van der Waals surface area contributed by atoms with Crippen LogP contribution < -0.4 is 21.3 Å². The van der Waals surface area contributed by atoms with Gasteiger partial charge in [0.15, 0.2) is 11.5 Å². The Morgan fingerprint density at radius 3 is 2.56 bits per heavy atom. The zero-order chi connectivity index (χ0) is 47.0. The van der Waals surface area contributed by atoms with Crippen molar-refractivity contribution < 1.29 is 52.2 Å². The highest BCUT2D eigenvalue weighted by Gasteiger charge is 2.45. The fourth-order valence-corrected chi connectivity index (χ4v) is 7.02. The lowest BCUT2D eigenvalue weighted by atomic mass is 10.0. The molecular weight excluding hydrogens is 855 g/mol. The average molecular weight is 902 g/mol. The van der Waals surface area contributed by atoms with E-state index in [0.29, 0.717) is 36.1 Å². The number of hydrogen-bond acceptors (Lipinski definition) is 15. The van der Waals surface area contributed by atoms with Gasteiger partial charge in [0.25, 0.3) is 17.7 Å². The third kappa shape index (κ3) is 11.5. The first-order valence-electron chi connectivity index (χ1n) is 21.2. The van der Waals surface area contributed by atoms with Gasteiger partial charge in [-0.3, -0.25) is 48.6 Å². The third-order valence-electron chi connectivity index (χ3n) is 10.3. The van der Waals surface area contributed by atoms with E-state index in [2.05, 4.69) is 49.4 Å². The van der Waals surface area contributed by atoms with Crippen molar-refractivity contribution in [1.82, 2.24) is 30.0 Å². The third-order valence-corrected chi connectivity index (χ3v) is 10.3. The summed E-state index contributed by atoms with van der Waals surface area (Å²) in [6, 6.07) is 7.07. The minimum absolute atomic E-state index is 0.0152. The number of nitrogens with zero attached hydrogens (tertiary/aromatic N) is 6. The molecule has 1 atom stereocenters. The van der Waals surface area contributed by atoms with E-state index >= 15 is 0 Å². The number of carbonyl (C=O) groups is 7. The van der Waals surface area contributed by atoms with Crippen LogP contribution in [-0.2, 0) is 36.8 Å². The minimum Gasteiger partial charge on any atom is -0.444 e. The molecule has 0 spiro atoms. The molecule has 20 nitrogen and oxygen atoms in total. The summed E-state index contributed by atoms with van der Waals surface area (Å²) in [4.78, 5) is 100.0. The number of ketones is 1. The number of nitrogens with one attached hydrogen (secondary N) is 2. The summed E-state index contributed by atoms with van der Waals surface area (Å²) in [5, 5.41) is 9.49. The van der Waals surface area contributed by atoms with Gasteiger partial charge in [0, 0.05) is 55.1 Å². The monoisotopic (exact) mass is 901 g/mol. The van der Waals surface area contributed by atoms with Crippen LogP contribution in [0.3, 0.4) is 0 Å². The van der Waals surface area contributed by atoms with Gasteiger partial charge in [0.1, 0.15) is 42.6 Å². The number of primary amides is 1. The Kier molecular flexibility index (Phi) is 14.3. The van der Waals surface area contributed by atoms with Gasteiger partial charge in [0.2, 0.25) is 17.7 Å². The van der Waals surface area contributed by atoms with Crippen LogP contribution in [0.25, 0.3) is 11.5 Å². The van der Waals surface area contributed by atoms with Crippen LogP contribution in [0, 0.1) is 29.6 Å². The van der Waals surface area contributed by atoms with Crippen molar-refractivity contribution in [1.29, 1.82) is 0 Å². The summed E-state index contributed by atoms with van der Waals surface area (Å²) in [5.74, 6) is 8.27. The van der Waals surface area contributed by atoms with E-state index in [1.54, 1.807) is 45.0 Å². The number of piperidine rings is 1. The number of Topliss-reactive ketones (excluding diaryl/α,β-unsaturated/α-hetero) is 1. The lowest BCUT2D eigenvalue weighted by Gasteiger charge is -2.27. The maximum Gasteiger partial charge on any atom is 0.416 e. The molecule has 3 aliphatic rings. The summed E-state index contributed by atoms with van der Waals surface area (Å²) in [6.45, 7) is 7.07. The van der Waals surface area contributed by atoms with Crippen LogP contribution >= 0.6 is 0 Å². The number of aromatic nitrogens is 4. The largest absolute Gasteiger partial charge is 0.444 e. The SMILES string of the molecule is CC(C)(C)OC(=O)N(CC1CC1)c1cc(-c2nc(C(=O)Cc3cn(CC#CC#CCOCCOCCNc4cccc5c4C(=O)N(C4CCC(=O)NC4=O)C5=O)nc3C(N)=O)co2)ccn1. The number of nitrogens with two attached hydrogens (primary N) is 1. The minimum atomic E-state index is -1.05. The number of ether oxygens (including phenoxy) is 3. The Labute approximate surface area is 378 Å². The number of amides is 6. The fourth-order valence-electron chi connectivity index (χ4n) is 7.02. The van der Waals surface area contributed by atoms with Crippen molar-refractivity contribution in [3.05, 3.63) is 77.1 Å². The van der Waals surface area contributed by atoms with Crippen LogP contribution in [0.5, 0.6) is 0 Å². The summed E-state index contributed by atoms with van der Waals surface area (Å²) < 4.78 is 23.7. The van der Waals surface area contributed by atoms with E-state index < -0.39 is 53.1 Å². The highest BCUT2D eigenvalue weighted by atomic mass is 16.6. The molecule has 2 aliphatic heterocycles. The van der Waals surface area contributed by atoms with Crippen molar-refractivity contribution >= 4 is 52.9 Å². The van der Waals surface area contributed by atoms with Gasteiger partial charge < -0.3 is 29.7 Å². The van der Waals surface area contributed by atoms with Gasteiger partial charge in [-0.1, -0.05) is 17.9 Å². The first-order chi connectivity index (χ1) is 31.7. The molecule has 2 fully saturated rings. The smallest absolute Gasteiger partial charge is 0.416 e. The van der Waals surface area contributed by atoms with Crippen molar-refractivity contribution in [3.63, 3.8) is 0 Å². The van der Waals surface area contributed by atoms with Crippen LogP contribution in [-0.4, -0.2) is 117 Å². The normalized spacial score (nSPS) is 15.6. The summed E-state index contributed by atoms with van der Waals surface area (Å²) >= 11 is 0. The Morgan fingerprint density at radius 2 is 1.80 bits per heavy atom. The van der Waals surface area contributed by atoms with Crippen LogP contribution in [0.1, 0.15) is 93.7 Å². The van der Waals surface area contributed by atoms with E-state index in [4.69, 9.17) is 24.4 Å². The molecule has 5 heterocycles. The molecule has 4 aromatic rings. The summed E-state index contributed by atoms with van der Waals surface area (Å²) in [5.41, 5.74) is 6.36. The number of pyridine rings is 1. The van der Waals surface area contributed by atoms with Gasteiger partial charge in [0.05, 0.1) is 30.9 Å². The number of benzene rings is 1. The molecule has 6 amide bonds. The fraction of sp³-hybridized carbons (Fsp3) is 0.391. The van der Waals surface area contributed by atoms with Crippen molar-refractivity contribution in [2.75, 3.05) is 49.7 Å². The van der Waals surface area contributed by atoms with Gasteiger partial charge in [-0.15, -0.1) is 0 Å². The number of fused-ring (bicyclic) bond motifs is 1. The molecule has 20 heteroatoms. The molecule has 0 radical (unpaired) electrons. The van der Waals surface area contributed by atoms with Gasteiger partial charge >= 0.3 is 6.09 Å². The van der Waals surface area contributed by atoms with Gasteiger partial charge in [-0.05, 0) is 82.1 Å². The lowest BCUT2D eigenvalue weighted by Crippen LogP contribution is -2.54. The van der Waals surface area contributed by atoms with Crippen molar-refractivity contribution in [3.8, 4) is 35.1 Å². The Balaban J connectivity index is 0.831. The van der Waals surface area contributed by atoms with Crippen molar-refractivity contribution in [2.45, 2.75) is 71.1 Å². The maximum atomic E-state index is 13.3. The zero-order valence-corrected chi connectivity index (χ0v) is 36.5. The van der Waals surface area contributed by atoms with Crippen LogP contribution in [0.2, 0.25) is 0 Å². The van der Waals surface area contributed by atoms with E-state index in [-0.39, 0.29) is 86.2 Å². The number of carbonyl (C=O) groups excluding carboxylic acids is 7. The Bertz CT molecular complexity index is 2690. The molecule has 66 heavy (non-hydrogen) atoms. The highest BCUT2D eigenvalue weighted by Crippen LogP contribution is 2.34. The number of imide groups is 2. The van der Waals surface area contributed by atoms with E-state index in [1.807, 2.05) is 0 Å². The predicted octanol–water partition coefficient (Wildman–Crippen LogP) is 3.16. The first-order valence-corrected chi connectivity index (χ1v) is 21.2. The lowest BCUT2D eigenvalue weighted by molar-refractivity contribution is -0.136. The predicted molar refractivity (Wildman–Crippen MR) is 234 cm³/mol. The summed E-state index contributed by atoms with van der Waals surface area (Å²) in [7, 11) is 0. The molecule has 1 saturated carbocycles. The molecule has 1 aromatic carbocycles. The molecule has 342 valence electrons. The Morgan fingerprint density at radius 1 is 1.02 bits per heavy atom. The topological polar surface area (TPSA) is 260 Å². The number of rotatable bonds is 18. The van der Waals surface area contributed by atoms with E-state index in [0.717, 1.165) is 17.7 Å². The maximum absolute atomic E-state index is 13.3. The van der Waals surface area contributed by atoms with Crippen LogP contribution in [0.15, 0.2) is 53.4 Å². The quantitative estimate of drug-likeness (QED) is 0.0561. The second-order valence-corrected chi connectivity index (χ2v) is 16.5. The summed E-state index contributed by atoms with van der Waals surface area (Å²) in [6.07, 6.45) is 5.63. The van der Waals surface area contributed by atoms with Gasteiger partial charge in [-0.25, -0.2) is 14.8 Å². The molecule has 1 unspecified atom stereocenters. The first kappa shape index (κ1) is 46.3. The van der Waals surface area contributed by atoms with Crippen LogP contribution in [0.4, 0.5) is 16.3 Å². The molecule has 0 bridgehead atoms.